The molecule has 0 aromatic heterocycles. The summed E-state index contributed by atoms with van der Waals surface area (Å²) in [7, 11) is 0. The van der Waals surface area contributed by atoms with Crippen LogP contribution < -0.4 is 5.32 Å². The highest BCUT2D eigenvalue weighted by molar-refractivity contribution is 9.10. The van der Waals surface area contributed by atoms with Crippen LogP contribution in [-0.4, -0.2) is 6.54 Å². The van der Waals surface area contributed by atoms with Crippen LogP contribution in [0.5, 0.6) is 0 Å². The van der Waals surface area contributed by atoms with Gasteiger partial charge in [0.2, 0.25) is 0 Å². The van der Waals surface area contributed by atoms with E-state index in [2.05, 4.69) is 59.4 Å². The predicted molar refractivity (Wildman–Crippen MR) is 85.9 cm³/mol. The van der Waals surface area contributed by atoms with Gasteiger partial charge < -0.3 is 5.32 Å². The van der Waals surface area contributed by atoms with Gasteiger partial charge in [0.15, 0.2) is 0 Å². The van der Waals surface area contributed by atoms with Crippen LogP contribution >= 0.6 is 27.5 Å². The van der Waals surface area contributed by atoms with Crippen LogP contribution in [0.2, 0.25) is 5.02 Å². The molecule has 19 heavy (non-hydrogen) atoms. The van der Waals surface area contributed by atoms with Gasteiger partial charge in [-0.15, -0.1) is 0 Å². The van der Waals surface area contributed by atoms with Gasteiger partial charge in [-0.05, 0) is 42.3 Å². The van der Waals surface area contributed by atoms with Crippen molar-refractivity contribution in [3.63, 3.8) is 0 Å². The lowest BCUT2D eigenvalue weighted by atomic mass is 9.98. The molecule has 0 radical (unpaired) electrons. The van der Waals surface area contributed by atoms with E-state index in [9.17, 15) is 0 Å². The van der Waals surface area contributed by atoms with Gasteiger partial charge in [-0.1, -0.05) is 64.8 Å². The van der Waals surface area contributed by atoms with E-state index in [0.717, 1.165) is 21.6 Å². The van der Waals surface area contributed by atoms with Crippen LogP contribution in [0, 0.1) is 6.92 Å². The van der Waals surface area contributed by atoms with Crippen molar-refractivity contribution in [3.8, 4) is 0 Å². The summed E-state index contributed by atoms with van der Waals surface area (Å²) >= 11 is 9.92. The lowest BCUT2D eigenvalue weighted by Crippen LogP contribution is -2.22. The van der Waals surface area contributed by atoms with E-state index in [1.165, 1.54) is 11.1 Å². The molecule has 0 saturated heterocycles. The Morgan fingerprint density at radius 1 is 1.21 bits per heavy atom. The highest BCUT2D eigenvalue weighted by Gasteiger charge is 2.16. The molecule has 0 heterocycles. The molecule has 2 rings (SSSR count). The van der Waals surface area contributed by atoms with Gasteiger partial charge in [-0.25, -0.2) is 0 Å². The zero-order valence-electron chi connectivity index (χ0n) is 11.1. The molecule has 0 aliphatic heterocycles. The highest BCUT2D eigenvalue weighted by Crippen LogP contribution is 2.30. The molecular weight excluding hydrogens is 322 g/mol. The minimum Gasteiger partial charge on any atom is -0.306 e. The summed E-state index contributed by atoms with van der Waals surface area (Å²) in [6, 6.07) is 14.5. The number of hydrogen-bond donors (Lipinski definition) is 1. The number of halogens is 2. The minimum absolute atomic E-state index is 0.121. The summed E-state index contributed by atoms with van der Waals surface area (Å²) < 4.78 is 1.12. The van der Waals surface area contributed by atoms with Gasteiger partial charge in [0.05, 0.1) is 6.04 Å². The Hall–Kier alpha value is -0.830. The summed E-state index contributed by atoms with van der Waals surface area (Å²) in [5, 5.41) is 4.29. The molecule has 0 saturated carbocycles. The first-order chi connectivity index (χ1) is 9.13. The van der Waals surface area contributed by atoms with Crippen LogP contribution in [-0.2, 0) is 0 Å². The van der Waals surface area contributed by atoms with E-state index in [0.29, 0.717) is 0 Å². The van der Waals surface area contributed by atoms with Crippen LogP contribution in [0.1, 0.15) is 29.7 Å². The maximum absolute atomic E-state index is 6.32. The van der Waals surface area contributed by atoms with Crippen molar-refractivity contribution in [2.75, 3.05) is 6.54 Å². The predicted octanol–water partition coefficient (Wildman–Crippen LogP) is 5.11. The zero-order valence-corrected chi connectivity index (χ0v) is 13.4. The van der Waals surface area contributed by atoms with E-state index in [1.807, 2.05) is 18.2 Å². The van der Waals surface area contributed by atoms with Crippen molar-refractivity contribution < 1.29 is 0 Å². The summed E-state index contributed by atoms with van der Waals surface area (Å²) in [6.45, 7) is 5.08. The SMILES string of the molecule is CCNC(c1ccc(C)c(Br)c1)c1ccccc1Cl. The Morgan fingerprint density at radius 3 is 2.58 bits per heavy atom. The summed E-state index contributed by atoms with van der Waals surface area (Å²) in [4.78, 5) is 0. The van der Waals surface area contributed by atoms with Gasteiger partial charge in [-0.2, -0.15) is 0 Å². The van der Waals surface area contributed by atoms with Crippen molar-refractivity contribution in [3.05, 3.63) is 68.7 Å². The number of hydrogen-bond acceptors (Lipinski definition) is 1. The lowest BCUT2D eigenvalue weighted by molar-refractivity contribution is 0.630. The van der Waals surface area contributed by atoms with Crippen molar-refractivity contribution >= 4 is 27.5 Å². The van der Waals surface area contributed by atoms with Gasteiger partial charge in [0, 0.05) is 9.50 Å². The molecule has 1 N–H and O–H groups in total. The molecule has 3 heteroatoms. The third-order valence-corrected chi connectivity index (χ3v) is 4.35. The maximum atomic E-state index is 6.32. The van der Waals surface area contributed by atoms with Crippen LogP contribution in [0.25, 0.3) is 0 Å². The third-order valence-electron chi connectivity index (χ3n) is 3.15. The third kappa shape index (κ3) is 3.38. The first-order valence-corrected chi connectivity index (χ1v) is 7.54. The Bertz CT molecular complexity index is 568. The topological polar surface area (TPSA) is 12.0 Å². The van der Waals surface area contributed by atoms with Gasteiger partial charge >= 0.3 is 0 Å². The fraction of sp³-hybridized carbons (Fsp3) is 0.250. The molecule has 1 atom stereocenters. The molecule has 1 unspecified atom stereocenters. The average molecular weight is 339 g/mol. The second kappa shape index (κ2) is 6.56. The molecule has 0 aliphatic carbocycles. The van der Waals surface area contributed by atoms with E-state index in [-0.39, 0.29) is 6.04 Å². The second-order valence-corrected chi connectivity index (χ2v) is 5.78. The second-order valence-electron chi connectivity index (χ2n) is 4.52. The highest BCUT2D eigenvalue weighted by atomic mass is 79.9. The van der Waals surface area contributed by atoms with E-state index < -0.39 is 0 Å². The molecule has 0 amide bonds. The first-order valence-electron chi connectivity index (χ1n) is 6.37. The Balaban J connectivity index is 2.45. The van der Waals surface area contributed by atoms with Gasteiger partial charge in [0.25, 0.3) is 0 Å². The molecule has 100 valence electrons. The summed E-state index contributed by atoms with van der Waals surface area (Å²) in [5.74, 6) is 0. The van der Waals surface area contributed by atoms with Crippen molar-refractivity contribution in [2.24, 2.45) is 0 Å². The summed E-state index contributed by atoms with van der Waals surface area (Å²) in [6.07, 6.45) is 0. The van der Waals surface area contributed by atoms with Crippen LogP contribution in [0.15, 0.2) is 46.9 Å². The van der Waals surface area contributed by atoms with Crippen LogP contribution in [0.3, 0.4) is 0 Å². The molecule has 0 spiro atoms. The first kappa shape index (κ1) is 14.6. The fourth-order valence-corrected chi connectivity index (χ4v) is 2.75. The maximum Gasteiger partial charge on any atom is 0.0591 e. The molecule has 0 bridgehead atoms. The Kier molecular flexibility index (Phi) is 5.03. The Labute approximate surface area is 128 Å². The van der Waals surface area contributed by atoms with Gasteiger partial charge in [0.1, 0.15) is 0 Å². The number of rotatable bonds is 4. The normalized spacial score (nSPS) is 12.4. The van der Waals surface area contributed by atoms with E-state index >= 15 is 0 Å². The summed E-state index contributed by atoms with van der Waals surface area (Å²) in [5.41, 5.74) is 3.56. The minimum atomic E-state index is 0.121. The Morgan fingerprint density at radius 2 is 1.95 bits per heavy atom. The van der Waals surface area contributed by atoms with E-state index in [4.69, 9.17) is 11.6 Å². The lowest BCUT2D eigenvalue weighted by Gasteiger charge is -2.20. The average Bonchev–Trinajstić information content (AvgIpc) is 2.40. The van der Waals surface area contributed by atoms with Crippen molar-refractivity contribution in [1.82, 2.24) is 5.32 Å². The largest absolute Gasteiger partial charge is 0.306 e. The molecular formula is C16H17BrClN. The molecule has 1 nitrogen and oxygen atoms in total. The fourth-order valence-electron chi connectivity index (χ4n) is 2.11. The smallest absolute Gasteiger partial charge is 0.0591 e. The zero-order chi connectivity index (χ0) is 13.8. The van der Waals surface area contributed by atoms with Crippen LogP contribution in [0.4, 0.5) is 0 Å². The number of aryl methyl sites for hydroxylation is 1. The number of benzene rings is 2. The number of nitrogens with one attached hydrogen (secondary N) is 1. The van der Waals surface area contributed by atoms with Crippen molar-refractivity contribution in [2.45, 2.75) is 19.9 Å². The molecule has 2 aromatic rings. The molecule has 0 fully saturated rings. The van der Waals surface area contributed by atoms with E-state index in [1.54, 1.807) is 0 Å². The quantitative estimate of drug-likeness (QED) is 0.817. The monoisotopic (exact) mass is 337 g/mol. The molecule has 0 aliphatic rings. The van der Waals surface area contributed by atoms with Gasteiger partial charge in [-0.3, -0.25) is 0 Å². The molecule has 2 aromatic carbocycles. The van der Waals surface area contributed by atoms with Crippen molar-refractivity contribution in [1.29, 1.82) is 0 Å². The standard InChI is InChI=1S/C16H17BrClN/c1-3-19-16(13-6-4-5-7-15(13)18)12-9-8-11(2)14(17)10-12/h4-10,16,19H,3H2,1-2H3.